The van der Waals surface area contributed by atoms with Crippen LogP contribution in [0.5, 0.6) is 0 Å². The van der Waals surface area contributed by atoms with Gasteiger partial charge in [0.15, 0.2) is 0 Å². The van der Waals surface area contributed by atoms with E-state index < -0.39 is 10.0 Å². The Hall–Kier alpha value is -2.25. The number of hydrogen-bond donors (Lipinski definition) is 1. The van der Waals surface area contributed by atoms with Crippen molar-refractivity contribution in [1.29, 1.82) is 0 Å². The topological polar surface area (TPSA) is 66.5 Å². The number of nitrogens with zero attached hydrogens (tertiary/aromatic N) is 1. The SMILES string of the molecule is Cc1ccc(C2CC2C(=O)N2CCC(NS(C)(=O)=O)C2)c(-c2ccccc2F)c1. The second kappa shape index (κ2) is 7.54. The van der Waals surface area contributed by atoms with Gasteiger partial charge < -0.3 is 4.90 Å². The molecular formula is C22H25FN2O3S. The van der Waals surface area contributed by atoms with E-state index in [9.17, 15) is 17.6 Å². The quantitative estimate of drug-likeness (QED) is 0.815. The first kappa shape index (κ1) is 20.0. The van der Waals surface area contributed by atoms with Gasteiger partial charge in [0, 0.05) is 30.6 Å². The number of amides is 1. The van der Waals surface area contributed by atoms with Crippen molar-refractivity contribution in [1.82, 2.24) is 9.62 Å². The number of likely N-dealkylation sites (tertiary alicyclic amines) is 1. The predicted molar refractivity (Wildman–Crippen MR) is 110 cm³/mol. The summed E-state index contributed by atoms with van der Waals surface area (Å²) in [5.74, 6) is -0.259. The Morgan fingerprint density at radius 3 is 2.66 bits per heavy atom. The monoisotopic (exact) mass is 416 g/mol. The molecule has 2 aliphatic rings. The van der Waals surface area contributed by atoms with Gasteiger partial charge in [-0.1, -0.05) is 42.0 Å². The molecule has 1 amide bonds. The number of aryl methyl sites for hydroxylation is 1. The van der Waals surface area contributed by atoms with E-state index in [1.54, 1.807) is 17.0 Å². The van der Waals surface area contributed by atoms with Crippen molar-refractivity contribution in [3.8, 4) is 11.1 Å². The van der Waals surface area contributed by atoms with Crippen molar-refractivity contribution in [2.24, 2.45) is 5.92 Å². The van der Waals surface area contributed by atoms with Gasteiger partial charge in [0.1, 0.15) is 5.82 Å². The van der Waals surface area contributed by atoms with Gasteiger partial charge in [-0.25, -0.2) is 17.5 Å². The molecule has 154 valence electrons. The third kappa shape index (κ3) is 4.36. The first-order valence-electron chi connectivity index (χ1n) is 9.84. The molecular weight excluding hydrogens is 391 g/mol. The minimum Gasteiger partial charge on any atom is -0.341 e. The van der Waals surface area contributed by atoms with E-state index in [1.165, 1.54) is 6.07 Å². The molecule has 3 atom stereocenters. The second-order valence-electron chi connectivity index (χ2n) is 8.18. The molecule has 0 bridgehead atoms. The summed E-state index contributed by atoms with van der Waals surface area (Å²) in [5.41, 5.74) is 3.46. The summed E-state index contributed by atoms with van der Waals surface area (Å²) in [4.78, 5) is 14.7. The molecule has 1 aliphatic carbocycles. The molecule has 1 N–H and O–H groups in total. The number of benzene rings is 2. The predicted octanol–water partition coefficient (Wildman–Crippen LogP) is 3.05. The van der Waals surface area contributed by atoms with Gasteiger partial charge in [0.2, 0.25) is 15.9 Å². The van der Waals surface area contributed by atoms with Crippen molar-refractivity contribution >= 4 is 15.9 Å². The molecule has 1 saturated carbocycles. The van der Waals surface area contributed by atoms with Crippen LogP contribution >= 0.6 is 0 Å². The molecule has 1 heterocycles. The van der Waals surface area contributed by atoms with E-state index in [1.807, 2.05) is 31.2 Å². The van der Waals surface area contributed by atoms with Crippen LogP contribution in [0, 0.1) is 18.7 Å². The van der Waals surface area contributed by atoms with Crippen molar-refractivity contribution in [3.05, 3.63) is 59.4 Å². The lowest BCUT2D eigenvalue weighted by Crippen LogP contribution is -2.38. The third-order valence-corrected chi connectivity index (χ3v) is 6.52. The zero-order valence-corrected chi connectivity index (χ0v) is 17.4. The average Bonchev–Trinajstić information content (AvgIpc) is 3.31. The molecule has 2 aromatic carbocycles. The van der Waals surface area contributed by atoms with Crippen molar-refractivity contribution < 1.29 is 17.6 Å². The highest BCUT2D eigenvalue weighted by molar-refractivity contribution is 7.88. The summed E-state index contributed by atoms with van der Waals surface area (Å²) in [7, 11) is -3.28. The molecule has 2 fully saturated rings. The lowest BCUT2D eigenvalue weighted by Gasteiger charge is -2.17. The highest BCUT2D eigenvalue weighted by atomic mass is 32.2. The van der Waals surface area contributed by atoms with Gasteiger partial charge in [0.25, 0.3) is 0 Å². The van der Waals surface area contributed by atoms with Crippen LogP contribution in [0.15, 0.2) is 42.5 Å². The minimum atomic E-state index is -3.28. The third-order valence-electron chi connectivity index (χ3n) is 5.76. The number of rotatable bonds is 5. The van der Waals surface area contributed by atoms with Gasteiger partial charge in [-0.15, -0.1) is 0 Å². The minimum absolute atomic E-state index is 0.0628. The van der Waals surface area contributed by atoms with E-state index in [4.69, 9.17) is 0 Å². The number of sulfonamides is 1. The van der Waals surface area contributed by atoms with Crippen molar-refractivity contribution in [2.45, 2.75) is 31.7 Å². The summed E-state index contributed by atoms with van der Waals surface area (Å²) in [5, 5.41) is 0. The maximum absolute atomic E-state index is 14.4. The van der Waals surface area contributed by atoms with Crippen molar-refractivity contribution in [3.63, 3.8) is 0 Å². The smallest absolute Gasteiger partial charge is 0.226 e. The number of hydrogen-bond acceptors (Lipinski definition) is 3. The summed E-state index contributed by atoms with van der Waals surface area (Å²) >= 11 is 0. The van der Waals surface area contributed by atoms with Crippen LogP contribution in [-0.2, 0) is 14.8 Å². The van der Waals surface area contributed by atoms with Crippen LogP contribution in [-0.4, -0.2) is 44.6 Å². The first-order chi connectivity index (χ1) is 13.7. The molecule has 3 unspecified atom stereocenters. The van der Waals surface area contributed by atoms with Crippen LogP contribution < -0.4 is 4.72 Å². The molecule has 1 aliphatic heterocycles. The van der Waals surface area contributed by atoms with Crippen molar-refractivity contribution in [2.75, 3.05) is 19.3 Å². The highest BCUT2D eigenvalue weighted by Gasteiger charge is 2.47. The van der Waals surface area contributed by atoms with Gasteiger partial charge in [-0.3, -0.25) is 4.79 Å². The van der Waals surface area contributed by atoms with Gasteiger partial charge in [-0.05, 0) is 42.9 Å². The summed E-state index contributed by atoms with van der Waals surface area (Å²) in [6.07, 6.45) is 2.50. The Morgan fingerprint density at radius 1 is 1.17 bits per heavy atom. The van der Waals surface area contributed by atoms with Crippen LogP contribution in [0.2, 0.25) is 0 Å². The lowest BCUT2D eigenvalue weighted by molar-refractivity contribution is -0.131. The fourth-order valence-corrected chi connectivity index (χ4v) is 5.11. The number of nitrogens with one attached hydrogen (secondary N) is 1. The van der Waals surface area contributed by atoms with Gasteiger partial charge >= 0.3 is 0 Å². The largest absolute Gasteiger partial charge is 0.341 e. The molecule has 5 nitrogen and oxygen atoms in total. The van der Waals surface area contributed by atoms with Crippen LogP contribution in [0.1, 0.15) is 29.9 Å². The molecule has 2 aromatic rings. The Balaban J connectivity index is 1.51. The van der Waals surface area contributed by atoms with Gasteiger partial charge in [0.05, 0.1) is 6.26 Å². The molecule has 0 radical (unpaired) electrons. The van der Waals surface area contributed by atoms with E-state index in [-0.39, 0.29) is 29.6 Å². The number of carbonyl (C=O) groups excluding carboxylic acids is 1. The van der Waals surface area contributed by atoms with E-state index in [2.05, 4.69) is 4.72 Å². The van der Waals surface area contributed by atoms with Crippen LogP contribution in [0.25, 0.3) is 11.1 Å². The second-order valence-corrected chi connectivity index (χ2v) is 9.96. The average molecular weight is 417 g/mol. The Morgan fingerprint density at radius 2 is 1.93 bits per heavy atom. The van der Waals surface area contributed by atoms with E-state index >= 15 is 0 Å². The van der Waals surface area contributed by atoms with Gasteiger partial charge in [-0.2, -0.15) is 0 Å². The van der Waals surface area contributed by atoms with Crippen LogP contribution in [0.3, 0.4) is 0 Å². The van der Waals surface area contributed by atoms with E-state index in [0.717, 1.165) is 29.4 Å². The lowest BCUT2D eigenvalue weighted by atomic mass is 9.93. The normalized spacial score (nSPS) is 24.0. The highest BCUT2D eigenvalue weighted by Crippen LogP contribution is 2.51. The molecule has 1 saturated heterocycles. The zero-order valence-electron chi connectivity index (χ0n) is 16.6. The maximum atomic E-state index is 14.4. The Labute approximate surface area is 171 Å². The number of carbonyl (C=O) groups is 1. The molecule has 29 heavy (non-hydrogen) atoms. The fourth-order valence-electron chi connectivity index (χ4n) is 4.31. The Kier molecular flexibility index (Phi) is 5.21. The standard InChI is InChI=1S/C22H25FN2O3S/c1-14-7-8-16(18(11-14)17-5-3-4-6-21(17)23)19-12-20(19)22(26)25-10-9-15(13-25)24-29(2,27)28/h3-8,11,15,19-20,24H,9-10,12-13H2,1-2H3. The van der Waals surface area contributed by atoms with E-state index in [0.29, 0.717) is 25.1 Å². The molecule has 4 rings (SSSR count). The number of halogens is 1. The summed E-state index contributed by atoms with van der Waals surface area (Å²) in [6.45, 7) is 2.94. The molecule has 0 spiro atoms. The maximum Gasteiger partial charge on any atom is 0.226 e. The van der Waals surface area contributed by atoms with Crippen LogP contribution in [0.4, 0.5) is 4.39 Å². The zero-order chi connectivity index (χ0) is 20.8. The first-order valence-corrected chi connectivity index (χ1v) is 11.7. The summed E-state index contributed by atoms with van der Waals surface area (Å²) < 4.78 is 39.9. The Bertz CT molecular complexity index is 1050. The fraction of sp³-hybridized carbons (Fsp3) is 0.409. The molecule has 0 aromatic heterocycles. The summed E-state index contributed by atoms with van der Waals surface area (Å²) in [6, 6.07) is 12.5. The molecule has 7 heteroatoms.